The van der Waals surface area contributed by atoms with Crippen molar-refractivity contribution in [3.63, 3.8) is 0 Å². The van der Waals surface area contributed by atoms with Crippen molar-refractivity contribution in [1.29, 1.82) is 5.26 Å². The molecule has 0 aliphatic carbocycles. The third kappa shape index (κ3) is 5.99. The molecule has 0 aromatic rings. The SMILES string of the molecule is CC(C)C(C)(C)CNCCCCC#N. The van der Waals surface area contributed by atoms with Crippen LogP contribution in [0.5, 0.6) is 0 Å². The lowest BCUT2D eigenvalue weighted by molar-refractivity contribution is 0.238. The molecule has 0 unspecified atom stereocenters. The van der Waals surface area contributed by atoms with Crippen LogP contribution in [0, 0.1) is 22.7 Å². The fourth-order valence-electron chi connectivity index (χ4n) is 1.07. The van der Waals surface area contributed by atoms with Gasteiger partial charge in [0.15, 0.2) is 0 Å². The minimum absolute atomic E-state index is 0.370. The van der Waals surface area contributed by atoms with Gasteiger partial charge in [-0.25, -0.2) is 0 Å². The van der Waals surface area contributed by atoms with Crippen molar-refractivity contribution in [1.82, 2.24) is 5.32 Å². The van der Waals surface area contributed by atoms with Crippen LogP contribution in [-0.2, 0) is 0 Å². The lowest BCUT2D eigenvalue weighted by Gasteiger charge is -2.29. The van der Waals surface area contributed by atoms with E-state index in [9.17, 15) is 0 Å². The predicted octanol–water partition coefficient (Wildman–Crippen LogP) is 2.95. The van der Waals surface area contributed by atoms with E-state index in [0.29, 0.717) is 17.8 Å². The summed E-state index contributed by atoms with van der Waals surface area (Å²) in [5.41, 5.74) is 0.370. The quantitative estimate of drug-likeness (QED) is 0.635. The maximum absolute atomic E-state index is 8.35. The molecule has 1 N–H and O–H groups in total. The molecular formula is C12H24N2. The average Bonchev–Trinajstić information content (AvgIpc) is 2.10. The highest BCUT2D eigenvalue weighted by molar-refractivity contribution is 4.75. The number of nitrogens with one attached hydrogen (secondary N) is 1. The highest BCUT2D eigenvalue weighted by Gasteiger charge is 2.21. The minimum atomic E-state index is 0.370. The zero-order chi connectivity index (χ0) is 11.0. The first-order valence-electron chi connectivity index (χ1n) is 5.58. The molecule has 2 heteroatoms. The van der Waals surface area contributed by atoms with Crippen LogP contribution in [0.25, 0.3) is 0 Å². The normalized spacial score (nSPS) is 11.7. The van der Waals surface area contributed by atoms with Crippen molar-refractivity contribution in [3.05, 3.63) is 0 Å². The number of nitrogens with zero attached hydrogens (tertiary/aromatic N) is 1. The molecule has 0 saturated carbocycles. The second kappa shape index (κ2) is 6.84. The number of hydrogen-bond donors (Lipinski definition) is 1. The minimum Gasteiger partial charge on any atom is -0.316 e. The summed E-state index contributed by atoms with van der Waals surface area (Å²) >= 11 is 0. The van der Waals surface area contributed by atoms with Gasteiger partial charge in [-0.15, -0.1) is 0 Å². The Balaban J connectivity index is 3.41. The number of unbranched alkanes of at least 4 members (excludes halogenated alkanes) is 2. The molecule has 0 aromatic carbocycles. The van der Waals surface area contributed by atoms with Gasteiger partial charge in [0.1, 0.15) is 0 Å². The van der Waals surface area contributed by atoms with Crippen molar-refractivity contribution in [3.8, 4) is 6.07 Å². The molecule has 82 valence electrons. The lowest BCUT2D eigenvalue weighted by atomic mass is 9.81. The van der Waals surface area contributed by atoms with Crippen molar-refractivity contribution >= 4 is 0 Å². The Labute approximate surface area is 88.7 Å². The van der Waals surface area contributed by atoms with Crippen LogP contribution in [0.3, 0.4) is 0 Å². The van der Waals surface area contributed by atoms with Gasteiger partial charge in [0.2, 0.25) is 0 Å². The molecule has 0 fully saturated rings. The number of rotatable bonds is 7. The Bertz CT molecular complexity index is 177. The summed E-state index contributed by atoms with van der Waals surface area (Å²) in [5.74, 6) is 0.703. The highest BCUT2D eigenvalue weighted by Crippen LogP contribution is 2.24. The molecule has 0 spiro atoms. The van der Waals surface area contributed by atoms with E-state index in [2.05, 4.69) is 39.1 Å². The summed E-state index contributed by atoms with van der Waals surface area (Å²) in [6, 6.07) is 2.17. The van der Waals surface area contributed by atoms with Crippen LogP contribution in [0.1, 0.15) is 47.0 Å². The van der Waals surface area contributed by atoms with Gasteiger partial charge in [-0.05, 0) is 30.7 Å². The van der Waals surface area contributed by atoms with E-state index < -0.39 is 0 Å². The summed E-state index contributed by atoms with van der Waals surface area (Å²) in [6.07, 6.45) is 2.82. The molecule has 0 aliphatic heterocycles. The van der Waals surface area contributed by atoms with Crippen LogP contribution in [0.4, 0.5) is 0 Å². The Morgan fingerprint density at radius 2 is 1.93 bits per heavy atom. The topological polar surface area (TPSA) is 35.8 Å². The summed E-state index contributed by atoms with van der Waals surface area (Å²) in [4.78, 5) is 0. The van der Waals surface area contributed by atoms with Gasteiger partial charge in [0.05, 0.1) is 6.07 Å². The van der Waals surface area contributed by atoms with Gasteiger partial charge in [0.25, 0.3) is 0 Å². The van der Waals surface area contributed by atoms with E-state index in [1.54, 1.807) is 0 Å². The van der Waals surface area contributed by atoms with E-state index in [-0.39, 0.29) is 0 Å². The smallest absolute Gasteiger partial charge is 0.0621 e. The third-order valence-corrected chi connectivity index (χ3v) is 3.04. The van der Waals surface area contributed by atoms with Gasteiger partial charge < -0.3 is 5.32 Å². The molecule has 0 atom stereocenters. The summed E-state index contributed by atoms with van der Waals surface area (Å²) in [6.45, 7) is 11.2. The van der Waals surface area contributed by atoms with E-state index in [1.807, 2.05) is 0 Å². The first-order valence-corrected chi connectivity index (χ1v) is 5.58. The van der Waals surface area contributed by atoms with Crippen molar-refractivity contribution < 1.29 is 0 Å². The van der Waals surface area contributed by atoms with Gasteiger partial charge in [0, 0.05) is 13.0 Å². The third-order valence-electron chi connectivity index (χ3n) is 3.04. The Hall–Kier alpha value is -0.550. The fourth-order valence-corrected chi connectivity index (χ4v) is 1.07. The standard InChI is InChI=1S/C12H24N2/c1-11(2)12(3,4)10-14-9-7-5-6-8-13/h11,14H,5-7,9-10H2,1-4H3. The second-order valence-electron chi connectivity index (χ2n) is 4.94. The Morgan fingerprint density at radius 1 is 1.29 bits per heavy atom. The van der Waals surface area contributed by atoms with Crippen LogP contribution < -0.4 is 5.32 Å². The van der Waals surface area contributed by atoms with Crippen molar-refractivity contribution in [2.75, 3.05) is 13.1 Å². The molecular weight excluding hydrogens is 172 g/mol. The molecule has 0 bridgehead atoms. The van der Waals surface area contributed by atoms with Gasteiger partial charge in [-0.2, -0.15) is 5.26 Å². The molecule has 0 heterocycles. The molecule has 0 amide bonds. The monoisotopic (exact) mass is 196 g/mol. The lowest BCUT2D eigenvalue weighted by Crippen LogP contribution is -2.33. The van der Waals surface area contributed by atoms with Gasteiger partial charge in [-0.3, -0.25) is 0 Å². The fraction of sp³-hybridized carbons (Fsp3) is 0.917. The Kier molecular flexibility index (Phi) is 6.57. The molecule has 0 radical (unpaired) electrons. The van der Waals surface area contributed by atoms with E-state index in [0.717, 1.165) is 25.9 Å². The summed E-state index contributed by atoms with van der Waals surface area (Å²) < 4.78 is 0. The van der Waals surface area contributed by atoms with Crippen LogP contribution in [0.15, 0.2) is 0 Å². The van der Waals surface area contributed by atoms with Gasteiger partial charge >= 0.3 is 0 Å². The molecule has 0 saturated heterocycles. The van der Waals surface area contributed by atoms with E-state index in [1.165, 1.54) is 0 Å². The Morgan fingerprint density at radius 3 is 2.43 bits per heavy atom. The maximum atomic E-state index is 8.35. The largest absolute Gasteiger partial charge is 0.316 e. The first kappa shape index (κ1) is 13.4. The van der Waals surface area contributed by atoms with Crippen LogP contribution >= 0.6 is 0 Å². The maximum Gasteiger partial charge on any atom is 0.0621 e. The zero-order valence-electron chi connectivity index (χ0n) is 10.1. The molecule has 14 heavy (non-hydrogen) atoms. The summed E-state index contributed by atoms with van der Waals surface area (Å²) in [5, 5.41) is 11.8. The zero-order valence-corrected chi connectivity index (χ0v) is 10.1. The van der Waals surface area contributed by atoms with Gasteiger partial charge in [-0.1, -0.05) is 27.7 Å². The van der Waals surface area contributed by atoms with Crippen molar-refractivity contribution in [2.45, 2.75) is 47.0 Å². The van der Waals surface area contributed by atoms with E-state index >= 15 is 0 Å². The van der Waals surface area contributed by atoms with Crippen molar-refractivity contribution in [2.24, 2.45) is 11.3 Å². The predicted molar refractivity (Wildman–Crippen MR) is 61.0 cm³/mol. The van der Waals surface area contributed by atoms with Crippen LogP contribution in [0.2, 0.25) is 0 Å². The summed E-state index contributed by atoms with van der Waals surface area (Å²) in [7, 11) is 0. The average molecular weight is 196 g/mol. The molecule has 0 aliphatic rings. The van der Waals surface area contributed by atoms with E-state index in [4.69, 9.17) is 5.26 Å². The number of nitriles is 1. The molecule has 0 aromatic heterocycles. The second-order valence-corrected chi connectivity index (χ2v) is 4.94. The molecule has 0 rings (SSSR count). The van der Waals surface area contributed by atoms with Crippen LogP contribution in [-0.4, -0.2) is 13.1 Å². The highest BCUT2D eigenvalue weighted by atomic mass is 14.9. The first-order chi connectivity index (χ1) is 6.50. The number of hydrogen-bond acceptors (Lipinski definition) is 2. The molecule has 2 nitrogen and oxygen atoms in total.